The SMILES string of the molecule is CC1(c2ccccc2)c2ccccc2-c2cc3c4ccccc4n(-c4ccc(N(c5ccccc5)c5ccccc5)cc4)c3cc21. The second kappa shape index (κ2) is 10.4. The van der Waals surface area contributed by atoms with Gasteiger partial charge in [0.1, 0.15) is 0 Å². The Morgan fingerprint density at radius 2 is 1.00 bits per heavy atom. The van der Waals surface area contributed by atoms with Crippen molar-refractivity contribution < 1.29 is 0 Å². The predicted octanol–water partition coefficient (Wildman–Crippen LogP) is 11.6. The summed E-state index contributed by atoms with van der Waals surface area (Å²) in [5.74, 6) is 0. The summed E-state index contributed by atoms with van der Waals surface area (Å²) < 4.78 is 2.44. The van der Waals surface area contributed by atoms with Crippen LogP contribution in [-0.2, 0) is 5.41 Å². The van der Waals surface area contributed by atoms with E-state index in [0.717, 1.165) is 22.7 Å². The van der Waals surface area contributed by atoms with Crippen molar-refractivity contribution in [3.63, 3.8) is 0 Å². The average Bonchev–Trinajstić information content (AvgIpc) is 3.59. The maximum Gasteiger partial charge on any atom is 0.0544 e. The van der Waals surface area contributed by atoms with Crippen LogP contribution in [0, 0.1) is 0 Å². The van der Waals surface area contributed by atoms with Crippen molar-refractivity contribution in [1.82, 2.24) is 4.57 Å². The quantitative estimate of drug-likeness (QED) is 0.194. The number of anilines is 3. The van der Waals surface area contributed by atoms with E-state index in [1.165, 1.54) is 49.6 Å². The lowest BCUT2D eigenvalue weighted by Gasteiger charge is -2.28. The van der Waals surface area contributed by atoms with Crippen LogP contribution in [0.3, 0.4) is 0 Å². The molecule has 46 heavy (non-hydrogen) atoms. The van der Waals surface area contributed by atoms with E-state index < -0.39 is 0 Å². The monoisotopic (exact) mass is 588 g/mol. The average molecular weight is 589 g/mol. The predicted molar refractivity (Wildman–Crippen MR) is 193 cm³/mol. The van der Waals surface area contributed by atoms with Crippen LogP contribution in [0.15, 0.2) is 176 Å². The van der Waals surface area contributed by atoms with Gasteiger partial charge in [-0.25, -0.2) is 0 Å². The largest absolute Gasteiger partial charge is 0.311 e. The van der Waals surface area contributed by atoms with Crippen LogP contribution >= 0.6 is 0 Å². The Balaban J connectivity index is 1.26. The van der Waals surface area contributed by atoms with Crippen LogP contribution in [0.25, 0.3) is 38.6 Å². The number of nitrogens with zero attached hydrogens (tertiary/aromatic N) is 2. The second-order valence-electron chi connectivity index (χ2n) is 12.3. The zero-order chi connectivity index (χ0) is 30.7. The first kappa shape index (κ1) is 26.5. The Hall–Kier alpha value is -5.86. The fourth-order valence-electron chi connectivity index (χ4n) is 7.66. The van der Waals surface area contributed by atoms with Crippen LogP contribution in [0.5, 0.6) is 0 Å². The lowest BCUT2D eigenvalue weighted by Crippen LogP contribution is -2.22. The Morgan fingerprint density at radius 3 is 1.70 bits per heavy atom. The first-order chi connectivity index (χ1) is 22.7. The number of para-hydroxylation sites is 3. The van der Waals surface area contributed by atoms with Gasteiger partial charge in [-0.05, 0) is 101 Å². The molecule has 218 valence electrons. The molecule has 1 aliphatic carbocycles. The maximum absolute atomic E-state index is 2.46. The van der Waals surface area contributed by atoms with Crippen LogP contribution < -0.4 is 4.90 Å². The third-order valence-electron chi connectivity index (χ3n) is 9.85. The molecule has 1 aromatic heterocycles. The first-order valence-electron chi connectivity index (χ1n) is 16.0. The summed E-state index contributed by atoms with van der Waals surface area (Å²) in [5, 5.41) is 2.55. The summed E-state index contributed by atoms with van der Waals surface area (Å²) in [5.41, 5.74) is 13.4. The molecule has 0 aliphatic heterocycles. The molecule has 7 aromatic carbocycles. The van der Waals surface area contributed by atoms with Gasteiger partial charge in [-0.2, -0.15) is 0 Å². The van der Waals surface area contributed by atoms with E-state index >= 15 is 0 Å². The molecule has 0 N–H and O–H groups in total. The highest BCUT2D eigenvalue weighted by atomic mass is 15.1. The van der Waals surface area contributed by atoms with E-state index in [1.807, 2.05) is 0 Å². The highest BCUT2D eigenvalue weighted by molar-refractivity contribution is 6.11. The van der Waals surface area contributed by atoms with Crippen molar-refractivity contribution in [3.8, 4) is 16.8 Å². The summed E-state index contributed by atoms with van der Waals surface area (Å²) in [6, 6.07) is 63.8. The molecule has 0 fully saturated rings. The molecule has 2 heteroatoms. The molecule has 1 heterocycles. The van der Waals surface area contributed by atoms with Crippen molar-refractivity contribution in [2.24, 2.45) is 0 Å². The van der Waals surface area contributed by atoms with Gasteiger partial charge in [0.2, 0.25) is 0 Å². The highest BCUT2D eigenvalue weighted by Gasteiger charge is 2.41. The lowest BCUT2D eigenvalue weighted by atomic mass is 9.74. The Bertz CT molecular complexity index is 2310. The third kappa shape index (κ3) is 3.90. The molecule has 0 bridgehead atoms. The molecule has 1 unspecified atom stereocenters. The highest BCUT2D eigenvalue weighted by Crippen LogP contribution is 2.54. The molecule has 9 rings (SSSR count). The topological polar surface area (TPSA) is 8.17 Å². The smallest absolute Gasteiger partial charge is 0.0544 e. The van der Waals surface area contributed by atoms with Gasteiger partial charge in [0, 0.05) is 38.9 Å². The molecule has 0 saturated carbocycles. The fraction of sp³-hybridized carbons (Fsp3) is 0.0455. The number of rotatable bonds is 5. The minimum absolute atomic E-state index is 0.252. The zero-order valence-corrected chi connectivity index (χ0v) is 25.6. The van der Waals surface area contributed by atoms with E-state index in [-0.39, 0.29) is 5.41 Å². The molecule has 2 nitrogen and oxygen atoms in total. The van der Waals surface area contributed by atoms with Crippen molar-refractivity contribution in [1.29, 1.82) is 0 Å². The standard InChI is InChI=1S/C44H32N2/c1-44(31-15-5-2-6-16-31)40-23-13-11-21-36(40)38-29-39-37-22-12-14-24-42(37)46(43(39)30-41(38)44)35-27-25-34(26-28-35)45(32-17-7-3-8-18-32)33-19-9-4-10-20-33/h2-30H,1H3. The summed E-state index contributed by atoms with van der Waals surface area (Å²) >= 11 is 0. The molecule has 0 saturated heterocycles. The fourth-order valence-corrected chi connectivity index (χ4v) is 7.66. The molecule has 1 atom stereocenters. The van der Waals surface area contributed by atoms with E-state index in [9.17, 15) is 0 Å². The van der Waals surface area contributed by atoms with Gasteiger partial charge >= 0.3 is 0 Å². The number of hydrogen-bond donors (Lipinski definition) is 0. The minimum Gasteiger partial charge on any atom is -0.311 e. The van der Waals surface area contributed by atoms with E-state index in [4.69, 9.17) is 0 Å². The summed E-state index contributed by atoms with van der Waals surface area (Å²) in [4.78, 5) is 2.31. The maximum atomic E-state index is 2.46. The molecule has 0 radical (unpaired) electrons. The molecule has 0 spiro atoms. The molecular weight excluding hydrogens is 556 g/mol. The second-order valence-corrected chi connectivity index (χ2v) is 12.3. The number of fused-ring (bicyclic) bond motifs is 6. The van der Waals surface area contributed by atoms with Crippen molar-refractivity contribution >= 4 is 38.9 Å². The summed E-state index contributed by atoms with van der Waals surface area (Å²) in [6.45, 7) is 2.39. The van der Waals surface area contributed by atoms with Crippen LogP contribution in [0.2, 0.25) is 0 Å². The Morgan fingerprint density at radius 1 is 0.435 bits per heavy atom. The van der Waals surface area contributed by atoms with Gasteiger partial charge in [-0.1, -0.05) is 109 Å². The molecule has 0 amide bonds. The van der Waals surface area contributed by atoms with Crippen molar-refractivity contribution in [2.75, 3.05) is 4.90 Å². The minimum atomic E-state index is -0.252. The van der Waals surface area contributed by atoms with Crippen molar-refractivity contribution in [2.45, 2.75) is 12.3 Å². The molecule has 1 aliphatic rings. The normalized spacial score (nSPS) is 15.2. The van der Waals surface area contributed by atoms with E-state index in [2.05, 4.69) is 192 Å². The Labute approximate surface area is 269 Å². The van der Waals surface area contributed by atoms with Gasteiger partial charge in [0.05, 0.1) is 11.0 Å². The van der Waals surface area contributed by atoms with Gasteiger partial charge in [-0.15, -0.1) is 0 Å². The number of hydrogen-bond acceptors (Lipinski definition) is 1. The van der Waals surface area contributed by atoms with Crippen molar-refractivity contribution in [3.05, 3.63) is 193 Å². The van der Waals surface area contributed by atoms with Gasteiger partial charge in [-0.3, -0.25) is 0 Å². The van der Waals surface area contributed by atoms with E-state index in [0.29, 0.717) is 0 Å². The third-order valence-corrected chi connectivity index (χ3v) is 9.85. The van der Waals surface area contributed by atoms with Crippen LogP contribution in [0.1, 0.15) is 23.6 Å². The van der Waals surface area contributed by atoms with E-state index in [1.54, 1.807) is 0 Å². The van der Waals surface area contributed by atoms with Gasteiger partial charge in [0.15, 0.2) is 0 Å². The summed E-state index contributed by atoms with van der Waals surface area (Å²) in [7, 11) is 0. The summed E-state index contributed by atoms with van der Waals surface area (Å²) in [6.07, 6.45) is 0. The van der Waals surface area contributed by atoms with Crippen LogP contribution in [-0.4, -0.2) is 4.57 Å². The number of aromatic nitrogens is 1. The number of benzene rings is 7. The van der Waals surface area contributed by atoms with Gasteiger partial charge < -0.3 is 9.47 Å². The molecular formula is C44H32N2. The van der Waals surface area contributed by atoms with Crippen LogP contribution in [0.4, 0.5) is 17.1 Å². The lowest BCUT2D eigenvalue weighted by molar-refractivity contribution is 0.714. The Kier molecular flexibility index (Phi) is 5.97. The molecule has 8 aromatic rings. The first-order valence-corrected chi connectivity index (χ1v) is 16.0. The zero-order valence-electron chi connectivity index (χ0n) is 25.6. The van der Waals surface area contributed by atoms with Gasteiger partial charge in [0.25, 0.3) is 0 Å².